The molecule has 0 aliphatic carbocycles. The SMILES string of the molecule is C[C@H](N)c1ccnc(N2CCCC(O)C2)c1. The van der Waals surface area contributed by atoms with Crippen molar-refractivity contribution in [1.29, 1.82) is 0 Å². The van der Waals surface area contributed by atoms with Crippen LogP contribution in [-0.2, 0) is 0 Å². The first-order valence-electron chi connectivity index (χ1n) is 5.81. The van der Waals surface area contributed by atoms with Gasteiger partial charge in [-0.3, -0.25) is 0 Å². The Labute approximate surface area is 96.1 Å². The molecule has 1 aromatic rings. The lowest BCUT2D eigenvalue weighted by molar-refractivity contribution is 0.154. The minimum absolute atomic E-state index is 0.0245. The summed E-state index contributed by atoms with van der Waals surface area (Å²) in [7, 11) is 0. The summed E-state index contributed by atoms with van der Waals surface area (Å²) in [6, 6.07) is 3.98. The Hall–Kier alpha value is -1.13. The van der Waals surface area contributed by atoms with Crippen LogP contribution in [0.15, 0.2) is 18.3 Å². The van der Waals surface area contributed by atoms with E-state index in [1.165, 1.54) is 0 Å². The molecule has 2 heterocycles. The van der Waals surface area contributed by atoms with Gasteiger partial charge in [-0.05, 0) is 37.5 Å². The van der Waals surface area contributed by atoms with E-state index in [2.05, 4.69) is 9.88 Å². The van der Waals surface area contributed by atoms with Gasteiger partial charge in [0, 0.05) is 25.3 Å². The van der Waals surface area contributed by atoms with Crippen LogP contribution in [0.3, 0.4) is 0 Å². The van der Waals surface area contributed by atoms with Gasteiger partial charge in [-0.25, -0.2) is 4.98 Å². The molecule has 4 heteroatoms. The Morgan fingerprint density at radius 2 is 2.44 bits per heavy atom. The van der Waals surface area contributed by atoms with Crippen molar-refractivity contribution in [2.75, 3.05) is 18.0 Å². The number of aromatic nitrogens is 1. The van der Waals surface area contributed by atoms with E-state index in [0.717, 1.165) is 30.8 Å². The molecule has 2 rings (SSSR count). The summed E-state index contributed by atoms with van der Waals surface area (Å²) in [5.74, 6) is 0.925. The minimum Gasteiger partial charge on any atom is -0.391 e. The molecule has 1 aromatic heterocycles. The molecule has 1 fully saturated rings. The van der Waals surface area contributed by atoms with Crippen LogP contribution in [0.5, 0.6) is 0 Å². The van der Waals surface area contributed by atoms with Crippen molar-refractivity contribution < 1.29 is 5.11 Å². The molecule has 0 aromatic carbocycles. The molecule has 1 aliphatic rings. The van der Waals surface area contributed by atoms with E-state index in [0.29, 0.717) is 6.54 Å². The van der Waals surface area contributed by atoms with Gasteiger partial charge >= 0.3 is 0 Å². The molecule has 0 bridgehead atoms. The number of nitrogens with zero attached hydrogens (tertiary/aromatic N) is 2. The van der Waals surface area contributed by atoms with E-state index >= 15 is 0 Å². The van der Waals surface area contributed by atoms with Crippen LogP contribution in [-0.4, -0.2) is 29.3 Å². The quantitative estimate of drug-likeness (QED) is 0.784. The second kappa shape index (κ2) is 4.80. The average molecular weight is 221 g/mol. The second-order valence-corrected chi connectivity index (χ2v) is 4.48. The van der Waals surface area contributed by atoms with Crippen LogP contribution in [0.1, 0.15) is 31.4 Å². The molecule has 4 nitrogen and oxygen atoms in total. The Morgan fingerprint density at radius 3 is 3.12 bits per heavy atom. The van der Waals surface area contributed by atoms with Crippen LogP contribution < -0.4 is 10.6 Å². The average Bonchev–Trinajstić information content (AvgIpc) is 2.29. The van der Waals surface area contributed by atoms with Gasteiger partial charge in [0.25, 0.3) is 0 Å². The van der Waals surface area contributed by atoms with E-state index < -0.39 is 0 Å². The van der Waals surface area contributed by atoms with Crippen LogP contribution in [0.4, 0.5) is 5.82 Å². The van der Waals surface area contributed by atoms with Gasteiger partial charge in [-0.15, -0.1) is 0 Å². The van der Waals surface area contributed by atoms with Crippen molar-refractivity contribution in [3.05, 3.63) is 23.9 Å². The zero-order valence-corrected chi connectivity index (χ0v) is 9.63. The summed E-state index contributed by atoms with van der Waals surface area (Å²) in [5.41, 5.74) is 6.93. The van der Waals surface area contributed by atoms with Gasteiger partial charge in [0.15, 0.2) is 0 Å². The summed E-state index contributed by atoms with van der Waals surface area (Å²) < 4.78 is 0. The standard InChI is InChI=1S/C12H19N3O/c1-9(13)10-4-5-14-12(7-10)15-6-2-3-11(16)8-15/h4-5,7,9,11,16H,2-3,6,8,13H2,1H3/t9-,11?/m0/s1. The minimum atomic E-state index is -0.227. The topological polar surface area (TPSA) is 62.4 Å². The highest BCUT2D eigenvalue weighted by molar-refractivity contribution is 5.42. The van der Waals surface area contributed by atoms with E-state index in [1.54, 1.807) is 6.20 Å². The number of hydrogen-bond donors (Lipinski definition) is 2. The van der Waals surface area contributed by atoms with Crippen LogP contribution in [0.25, 0.3) is 0 Å². The summed E-state index contributed by atoms with van der Waals surface area (Å²) in [5, 5.41) is 9.63. The lowest BCUT2D eigenvalue weighted by Gasteiger charge is -2.31. The number of aliphatic hydroxyl groups is 1. The number of anilines is 1. The predicted molar refractivity (Wildman–Crippen MR) is 64.3 cm³/mol. The largest absolute Gasteiger partial charge is 0.391 e. The van der Waals surface area contributed by atoms with Gasteiger partial charge in [-0.1, -0.05) is 0 Å². The van der Waals surface area contributed by atoms with E-state index in [4.69, 9.17) is 5.73 Å². The zero-order valence-electron chi connectivity index (χ0n) is 9.63. The number of pyridine rings is 1. The number of β-amino-alcohol motifs (C(OH)–C–C–N with tert-alkyl or cyclic N) is 1. The van der Waals surface area contributed by atoms with Crippen molar-refractivity contribution in [2.45, 2.75) is 31.9 Å². The van der Waals surface area contributed by atoms with Crippen molar-refractivity contribution in [3.63, 3.8) is 0 Å². The number of aliphatic hydroxyl groups excluding tert-OH is 1. The molecule has 0 saturated carbocycles. The maximum atomic E-state index is 9.63. The molecule has 0 spiro atoms. The zero-order chi connectivity index (χ0) is 11.5. The Morgan fingerprint density at radius 1 is 1.62 bits per heavy atom. The predicted octanol–water partition coefficient (Wildman–Crippen LogP) is 1.06. The fourth-order valence-electron chi connectivity index (χ4n) is 2.05. The molecule has 2 atom stereocenters. The van der Waals surface area contributed by atoms with Crippen molar-refractivity contribution >= 4 is 5.82 Å². The highest BCUT2D eigenvalue weighted by Crippen LogP contribution is 2.20. The summed E-state index contributed by atoms with van der Waals surface area (Å²) in [6.45, 7) is 3.60. The lowest BCUT2D eigenvalue weighted by atomic mass is 10.1. The monoisotopic (exact) mass is 221 g/mol. The van der Waals surface area contributed by atoms with E-state index in [-0.39, 0.29) is 12.1 Å². The number of hydrogen-bond acceptors (Lipinski definition) is 4. The van der Waals surface area contributed by atoms with Gasteiger partial charge in [-0.2, -0.15) is 0 Å². The number of rotatable bonds is 2. The first kappa shape index (κ1) is 11.4. The van der Waals surface area contributed by atoms with Gasteiger partial charge in [0.1, 0.15) is 5.82 Å². The lowest BCUT2D eigenvalue weighted by Crippen LogP contribution is -2.38. The van der Waals surface area contributed by atoms with Crippen LogP contribution >= 0.6 is 0 Å². The third kappa shape index (κ3) is 2.51. The molecule has 3 N–H and O–H groups in total. The molecule has 0 radical (unpaired) electrons. The molecule has 0 amide bonds. The number of nitrogens with two attached hydrogens (primary N) is 1. The van der Waals surface area contributed by atoms with Gasteiger partial charge in [0.2, 0.25) is 0 Å². The van der Waals surface area contributed by atoms with Gasteiger partial charge < -0.3 is 15.7 Å². The summed E-state index contributed by atoms with van der Waals surface area (Å²) >= 11 is 0. The molecule has 1 aliphatic heterocycles. The number of piperidine rings is 1. The third-order valence-corrected chi connectivity index (χ3v) is 3.02. The Balaban J connectivity index is 2.16. The summed E-state index contributed by atoms with van der Waals surface area (Å²) in [6.07, 6.45) is 3.47. The molecule has 1 saturated heterocycles. The maximum Gasteiger partial charge on any atom is 0.128 e. The first-order chi connectivity index (χ1) is 7.66. The molecular formula is C12H19N3O. The Bertz CT molecular complexity index is 354. The molecular weight excluding hydrogens is 202 g/mol. The highest BCUT2D eigenvalue weighted by Gasteiger charge is 2.19. The highest BCUT2D eigenvalue weighted by atomic mass is 16.3. The van der Waals surface area contributed by atoms with Gasteiger partial charge in [0.05, 0.1) is 6.10 Å². The first-order valence-corrected chi connectivity index (χ1v) is 5.81. The normalized spacial score (nSPS) is 23.2. The van der Waals surface area contributed by atoms with Crippen molar-refractivity contribution in [1.82, 2.24) is 4.98 Å². The fraction of sp³-hybridized carbons (Fsp3) is 0.583. The van der Waals surface area contributed by atoms with Crippen LogP contribution in [0.2, 0.25) is 0 Å². The molecule has 88 valence electrons. The van der Waals surface area contributed by atoms with E-state index in [9.17, 15) is 5.11 Å². The maximum absolute atomic E-state index is 9.63. The van der Waals surface area contributed by atoms with Crippen molar-refractivity contribution in [3.8, 4) is 0 Å². The summed E-state index contributed by atoms with van der Waals surface area (Å²) in [4.78, 5) is 6.46. The second-order valence-electron chi connectivity index (χ2n) is 4.48. The molecule has 16 heavy (non-hydrogen) atoms. The molecule has 1 unspecified atom stereocenters. The van der Waals surface area contributed by atoms with Crippen molar-refractivity contribution in [2.24, 2.45) is 5.73 Å². The fourth-order valence-corrected chi connectivity index (χ4v) is 2.05. The third-order valence-electron chi connectivity index (χ3n) is 3.02. The van der Waals surface area contributed by atoms with E-state index in [1.807, 2.05) is 19.1 Å². The van der Waals surface area contributed by atoms with Crippen LogP contribution in [0, 0.1) is 0 Å². The Kier molecular flexibility index (Phi) is 3.41. The smallest absolute Gasteiger partial charge is 0.128 e.